The van der Waals surface area contributed by atoms with E-state index in [9.17, 15) is 4.79 Å². The first kappa shape index (κ1) is 15.9. The Morgan fingerprint density at radius 1 is 1.27 bits per heavy atom. The zero-order chi connectivity index (χ0) is 15.9. The molecule has 116 valence electrons. The molecule has 3 N–H and O–H groups in total. The molecule has 0 bridgehead atoms. The second-order valence-corrected chi connectivity index (χ2v) is 5.26. The van der Waals surface area contributed by atoms with E-state index in [2.05, 4.69) is 20.8 Å². The number of aliphatic hydroxyl groups is 1. The standard InChI is InChI=1S/C16H20N4O2/c1-11(10-21)9-17-16(22)13-4-3-5-14(8-13)18-15-7-6-12(2)19-20-15/h3-8,11,21H,9-10H2,1-2H3,(H,17,22)(H,18,20). The van der Waals surface area contributed by atoms with Crippen LogP contribution in [0.5, 0.6) is 0 Å². The van der Waals surface area contributed by atoms with Gasteiger partial charge < -0.3 is 15.7 Å². The highest BCUT2D eigenvalue weighted by atomic mass is 16.3. The van der Waals surface area contributed by atoms with Crippen LogP contribution in [0.25, 0.3) is 0 Å². The molecule has 2 aromatic rings. The summed E-state index contributed by atoms with van der Waals surface area (Å²) in [5.74, 6) is 0.490. The van der Waals surface area contributed by atoms with Gasteiger partial charge >= 0.3 is 0 Å². The maximum absolute atomic E-state index is 12.1. The molecule has 0 spiro atoms. The molecule has 0 aliphatic carbocycles. The Balaban J connectivity index is 2.03. The van der Waals surface area contributed by atoms with Gasteiger partial charge in [-0.05, 0) is 43.2 Å². The van der Waals surface area contributed by atoms with Crippen LogP contribution in [0.3, 0.4) is 0 Å². The lowest BCUT2D eigenvalue weighted by Gasteiger charge is -2.11. The number of rotatable bonds is 6. The number of aliphatic hydroxyl groups excluding tert-OH is 1. The summed E-state index contributed by atoms with van der Waals surface area (Å²) in [7, 11) is 0. The Morgan fingerprint density at radius 3 is 2.77 bits per heavy atom. The number of nitrogens with one attached hydrogen (secondary N) is 2. The van der Waals surface area contributed by atoms with Crippen LogP contribution < -0.4 is 10.6 Å². The second kappa shape index (κ2) is 7.51. The summed E-state index contributed by atoms with van der Waals surface area (Å²) in [6.45, 7) is 4.23. The Bertz CT molecular complexity index is 628. The van der Waals surface area contributed by atoms with Crippen LogP contribution in [0.2, 0.25) is 0 Å². The number of aryl methyl sites for hydroxylation is 1. The molecule has 0 radical (unpaired) electrons. The third kappa shape index (κ3) is 4.53. The highest BCUT2D eigenvalue weighted by Gasteiger charge is 2.08. The van der Waals surface area contributed by atoms with E-state index in [1.165, 1.54) is 0 Å². The highest BCUT2D eigenvalue weighted by molar-refractivity contribution is 5.95. The number of benzene rings is 1. The second-order valence-electron chi connectivity index (χ2n) is 5.26. The average Bonchev–Trinajstić information content (AvgIpc) is 2.54. The first-order valence-corrected chi connectivity index (χ1v) is 7.15. The molecule has 6 heteroatoms. The molecule has 1 aromatic heterocycles. The van der Waals surface area contributed by atoms with Crippen LogP contribution in [0, 0.1) is 12.8 Å². The fourth-order valence-corrected chi connectivity index (χ4v) is 1.79. The van der Waals surface area contributed by atoms with Crippen LogP contribution in [-0.2, 0) is 0 Å². The molecular formula is C16H20N4O2. The molecule has 0 aliphatic rings. The van der Waals surface area contributed by atoms with E-state index in [1.807, 2.05) is 32.0 Å². The third-order valence-corrected chi connectivity index (χ3v) is 3.12. The minimum Gasteiger partial charge on any atom is -0.396 e. The lowest BCUT2D eigenvalue weighted by Crippen LogP contribution is -2.29. The van der Waals surface area contributed by atoms with Crippen LogP contribution in [0.1, 0.15) is 23.0 Å². The summed E-state index contributed by atoms with van der Waals surface area (Å²) in [5, 5.41) is 22.9. The summed E-state index contributed by atoms with van der Waals surface area (Å²) in [5.41, 5.74) is 2.16. The van der Waals surface area contributed by atoms with E-state index in [0.717, 1.165) is 11.4 Å². The molecule has 6 nitrogen and oxygen atoms in total. The number of anilines is 2. The van der Waals surface area contributed by atoms with Crippen LogP contribution in [0.15, 0.2) is 36.4 Å². The van der Waals surface area contributed by atoms with Crippen LogP contribution >= 0.6 is 0 Å². The molecule has 22 heavy (non-hydrogen) atoms. The first-order valence-electron chi connectivity index (χ1n) is 7.15. The van der Waals surface area contributed by atoms with Gasteiger partial charge in [-0.15, -0.1) is 5.10 Å². The number of amides is 1. The largest absolute Gasteiger partial charge is 0.396 e. The summed E-state index contributed by atoms with van der Waals surface area (Å²) >= 11 is 0. The van der Waals surface area contributed by atoms with Gasteiger partial charge in [-0.2, -0.15) is 5.10 Å². The summed E-state index contributed by atoms with van der Waals surface area (Å²) in [6, 6.07) is 10.8. The van der Waals surface area contributed by atoms with Gasteiger partial charge in [0.25, 0.3) is 5.91 Å². The van der Waals surface area contributed by atoms with Crippen molar-refractivity contribution in [1.29, 1.82) is 0 Å². The number of hydrogen-bond acceptors (Lipinski definition) is 5. The average molecular weight is 300 g/mol. The van der Waals surface area contributed by atoms with Gasteiger partial charge in [-0.1, -0.05) is 13.0 Å². The Kier molecular flexibility index (Phi) is 5.43. The van der Waals surface area contributed by atoms with Crippen LogP contribution in [-0.4, -0.2) is 34.4 Å². The summed E-state index contributed by atoms with van der Waals surface area (Å²) in [4.78, 5) is 12.1. The maximum atomic E-state index is 12.1. The van der Waals surface area contributed by atoms with Gasteiger partial charge in [0.1, 0.15) is 0 Å². The van der Waals surface area contributed by atoms with E-state index < -0.39 is 0 Å². The van der Waals surface area contributed by atoms with E-state index in [1.54, 1.807) is 18.2 Å². The van der Waals surface area contributed by atoms with E-state index in [-0.39, 0.29) is 18.4 Å². The summed E-state index contributed by atoms with van der Waals surface area (Å²) < 4.78 is 0. The lowest BCUT2D eigenvalue weighted by atomic mass is 10.1. The van der Waals surface area contributed by atoms with Gasteiger partial charge in [0.15, 0.2) is 5.82 Å². The van der Waals surface area contributed by atoms with Gasteiger partial charge in [-0.3, -0.25) is 4.79 Å². The Labute approximate surface area is 129 Å². The van der Waals surface area contributed by atoms with Gasteiger partial charge in [0.2, 0.25) is 0 Å². The molecule has 0 saturated heterocycles. The fourth-order valence-electron chi connectivity index (χ4n) is 1.79. The minimum atomic E-state index is -0.168. The SMILES string of the molecule is Cc1ccc(Nc2cccc(C(=O)NCC(C)CO)c2)nn1. The smallest absolute Gasteiger partial charge is 0.251 e. The molecule has 1 unspecified atom stereocenters. The molecule has 0 saturated carbocycles. The maximum Gasteiger partial charge on any atom is 0.251 e. The quantitative estimate of drug-likeness (QED) is 0.758. The molecule has 2 rings (SSSR count). The lowest BCUT2D eigenvalue weighted by molar-refractivity contribution is 0.0942. The molecular weight excluding hydrogens is 280 g/mol. The number of aromatic nitrogens is 2. The zero-order valence-electron chi connectivity index (χ0n) is 12.7. The number of nitrogens with zero attached hydrogens (tertiary/aromatic N) is 2. The molecule has 1 heterocycles. The van der Waals surface area contributed by atoms with Gasteiger partial charge in [-0.25, -0.2) is 0 Å². The molecule has 0 fully saturated rings. The Morgan fingerprint density at radius 2 is 2.09 bits per heavy atom. The predicted octanol–water partition coefficient (Wildman–Crippen LogP) is 1.89. The van der Waals surface area contributed by atoms with Gasteiger partial charge in [0, 0.05) is 24.4 Å². The zero-order valence-corrected chi connectivity index (χ0v) is 12.7. The fraction of sp³-hybridized carbons (Fsp3) is 0.312. The normalized spacial score (nSPS) is 11.8. The first-order chi connectivity index (χ1) is 10.6. The van der Waals surface area contributed by atoms with Crippen molar-refractivity contribution >= 4 is 17.4 Å². The monoisotopic (exact) mass is 300 g/mol. The van der Waals surface area contributed by atoms with Crippen molar-refractivity contribution in [3.05, 3.63) is 47.7 Å². The van der Waals surface area contributed by atoms with Crippen molar-refractivity contribution in [3.8, 4) is 0 Å². The summed E-state index contributed by atoms with van der Waals surface area (Å²) in [6.07, 6.45) is 0. The number of carbonyl (C=O) groups excluding carboxylic acids is 1. The molecule has 1 amide bonds. The minimum absolute atomic E-state index is 0.0353. The Hall–Kier alpha value is -2.47. The predicted molar refractivity (Wildman–Crippen MR) is 85.1 cm³/mol. The van der Waals surface area contributed by atoms with Crippen molar-refractivity contribution < 1.29 is 9.90 Å². The number of hydrogen-bond donors (Lipinski definition) is 3. The third-order valence-electron chi connectivity index (χ3n) is 3.12. The van der Waals surface area contributed by atoms with Crippen molar-refractivity contribution in [2.75, 3.05) is 18.5 Å². The molecule has 0 aliphatic heterocycles. The van der Waals surface area contributed by atoms with Crippen molar-refractivity contribution in [2.24, 2.45) is 5.92 Å². The molecule has 1 atom stereocenters. The van der Waals surface area contributed by atoms with Crippen molar-refractivity contribution in [1.82, 2.24) is 15.5 Å². The highest BCUT2D eigenvalue weighted by Crippen LogP contribution is 2.15. The van der Waals surface area contributed by atoms with Crippen molar-refractivity contribution in [2.45, 2.75) is 13.8 Å². The van der Waals surface area contributed by atoms with Gasteiger partial charge in [0.05, 0.1) is 5.69 Å². The van der Waals surface area contributed by atoms with Crippen molar-refractivity contribution in [3.63, 3.8) is 0 Å². The van der Waals surface area contributed by atoms with E-state index in [0.29, 0.717) is 17.9 Å². The van der Waals surface area contributed by atoms with E-state index >= 15 is 0 Å². The molecule has 1 aromatic carbocycles. The topological polar surface area (TPSA) is 87.1 Å². The van der Waals surface area contributed by atoms with E-state index in [4.69, 9.17) is 5.11 Å². The number of carbonyl (C=O) groups is 1. The van der Waals surface area contributed by atoms with Crippen LogP contribution in [0.4, 0.5) is 11.5 Å².